The van der Waals surface area contributed by atoms with Crippen molar-refractivity contribution >= 4 is 44.1 Å². The third-order valence-corrected chi connectivity index (χ3v) is 6.49. The number of rotatable bonds is 1. The lowest BCUT2D eigenvalue weighted by Crippen LogP contribution is -2.41. The molecule has 2 heterocycles. The first-order valence-corrected chi connectivity index (χ1v) is 9.88. The zero-order valence-electron chi connectivity index (χ0n) is 16.3. The zero-order chi connectivity index (χ0) is 18.4. The fraction of sp³-hybridized carbons (Fsp3) is 0.429. The van der Waals surface area contributed by atoms with E-state index in [4.69, 9.17) is 9.31 Å². The monoisotopic (exact) mass is 354 g/mol. The second kappa shape index (κ2) is 6.42. The number of hydrogen-bond acceptors (Lipinski definition) is 3. The van der Waals surface area contributed by atoms with Crippen LogP contribution in [0.3, 0.4) is 0 Å². The van der Waals surface area contributed by atoms with Crippen molar-refractivity contribution < 1.29 is 9.31 Å². The molecular weight excluding hydrogens is 327 g/mol. The van der Waals surface area contributed by atoms with E-state index < -0.39 is 0 Å². The van der Waals surface area contributed by atoms with E-state index in [1.165, 1.54) is 25.7 Å². The van der Waals surface area contributed by atoms with Gasteiger partial charge < -0.3 is 9.31 Å². The molecule has 0 saturated carbocycles. The first-order valence-electron chi connectivity index (χ1n) is 9.06. The minimum atomic E-state index is -0.314. The molecule has 2 nitrogen and oxygen atoms in total. The molecule has 2 aromatic carbocycles. The van der Waals surface area contributed by atoms with E-state index in [0.717, 1.165) is 5.46 Å². The highest BCUT2D eigenvalue weighted by Crippen LogP contribution is 2.39. The van der Waals surface area contributed by atoms with Crippen LogP contribution in [0.2, 0.25) is 0 Å². The Bertz CT molecular complexity index is 895. The Morgan fingerprint density at radius 1 is 0.880 bits per heavy atom. The van der Waals surface area contributed by atoms with Gasteiger partial charge in [-0.25, -0.2) is 0 Å². The smallest absolute Gasteiger partial charge is 0.399 e. The molecule has 1 aliphatic rings. The van der Waals surface area contributed by atoms with Crippen LogP contribution in [0.15, 0.2) is 36.4 Å². The van der Waals surface area contributed by atoms with Crippen molar-refractivity contribution in [1.82, 2.24) is 0 Å². The third-order valence-electron chi connectivity index (χ3n) is 5.27. The summed E-state index contributed by atoms with van der Waals surface area (Å²) in [5, 5.41) is 2.65. The Labute approximate surface area is 155 Å². The zero-order valence-corrected chi connectivity index (χ0v) is 17.1. The summed E-state index contributed by atoms with van der Waals surface area (Å²) in [5.41, 5.74) is 1.82. The maximum Gasteiger partial charge on any atom is 0.496 e. The summed E-state index contributed by atoms with van der Waals surface area (Å²) in [6.07, 6.45) is 0. The molecule has 0 aliphatic carbocycles. The molecule has 132 valence electrons. The van der Waals surface area contributed by atoms with Gasteiger partial charge in [-0.2, -0.15) is 0 Å². The molecule has 0 radical (unpaired) electrons. The predicted octanol–water partition coefficient (Wildman–Crippen LogP) is 5.69. The van der Waals surface area contributed by atoms with Crippen molar-refractivity contribution in [2.75, 3.05) is 0 Å². The maximum atomic E-state index is 6.28. The molecule has 0 spiro atoms. The molecule has 0 unspecified atom stereocenters. The number of aryl methyl sites for hydroxylation is 1. The maximum absolute atomic E-state index is 6.28. The van der Waals surface area contributed by atoms with Crippen LogP contribution in [-0.4, -0.2) is 18.3 Å². The van der Waals surface area contributed by atoms with E-state index in [9.17, 15) is 0 Å². The van der Waals surface area contributed by atoms with Crippen molar-refractivity contribution in [3.05, 3.63) is 42.0 Å². The summed E-state index contributed by atoms with van der Waals surface area (Å²) in [6, 6.07) is 12.9. The van der Waals surface area contributed by atoms with Crippen LogP contribution in [0, 0.1) is 6.92 Å². The topological polar surface area (TPSA) is 18.5 Å². The van der Waals surface area contributed by atoms with Crippen LogP contribution < -0.4 is 5.46 Å². The SMILES string of the molecule is CC.Cc1ccc(B2OC(C)(C)C(C)(C)O2)c2sc3ccccc3c12. The molecule has 0 bridgehead atoms. The van der Waals surface area contributed by atoms with Crippen molar-refractivity contribution in [2.45, 2.75) is 59.7 Å². The number of thiophene rings is 1. The molecule has 0 amide bonds. The van der Waals surface area contributed by atoms with Gasteiger partial charge in [-0.1, -0.05) is 44.2 Å². The Kier molecular flexibility index (Phi) is 4.74. The largest absolute Gasteiger partial charge is 0.496 e. The van der Waals surface area contributed by atoms with Crippen molar-refractivity contribution in [3.8, 4) is 0 Å². The fourth-order valence-corrected chi connectivity index (χ4v) is 4.47. The molecule has 0 N–H and O–H groups in total. The van der Waals surface area contributed by atoms with Crippen LogP contribution in [0.5, 0.6) is 0 Å². The van der Waals surface area contributed by atoms with Gasteiger partial charge in [-0.05, 0) is 46.2 Å². The van der Waals surface area contributed by atoms with Crippen LogP contribution in [0.4, 0.5) is 0 Å². The van der Waals surface area contributed by atoms with Gasteiger partial charge in [0.2, 0.25) is 0 Å². The molecule has 1 aromatic heterocycles. The number of hydrogen-bond donors (Lipinski definition) is 0. The second-order valence-corrected chi connectivity index (χ2v) is 8.41. The summed E-state index contributed by atoms with van der Waals surface area (Å²) in [6.45, 7) is 14.6. The molecule has 1 saturated heterocycles. The van der Waals surface area contributed by atoms with Gasteiger partial charge in [0.05, 0.1) is 11.2 Å². The third kappa shape index (κ3) is 2.90. The Balaban J connectivity index is 0.000000880. The highest BCUT2D eigenvalue weighted by molar-refractivity contribution is 7.27. The van der Waals surface area contributed by atoms with Crippen molar-refractivity contribution in [2.24, 2.45) is 0 Å². The highest BCUT2D eigenvalue weighted by Gasteiger charge is 2.52. The van der Waals surface area contributed by atoms with E-state index in [1.807, 2.05) is 25.2 Å². The van der Waals surface area contributed by atoms with Gasteiger partial charge in [-0.15, -0.1) is 11.3 Å². The van der Waals surface area contributed by atoms with E-state index in [1.54, 1.807) is 0 Å². The number of benzene rings is 2. The normalized spacial score (nSPS) is 18.4. The average Bonchev–Trinajstić information content (AvgIpc) is 3.05. The van der Waals surface area contributed by atoms with Crippen molar-refractivity contribution in [1.29, 1.82) is 0 Å². The molecule has 4 heteroatoms. The fourth-order valence-electron chi connectivity index (χ4n) is 3.17. The minimum absolute atomic E-state index is 0.309. The summed E-state index contributed by atoms with van der Waals surface area (Å²) >= 11 is 1.83. The molecule has 4 rings (SSSR count). The van der Waals surface area contributed by atoms with Gasteiger partial charge in [-0.3, -0.25) is 0 Å². The van der Waals surface area contributed by atoms with Gasteiger partial charge in [0, 0.05) is 25.6 Å². The van der Waals surface area contributed by atoms with E-state index in [2.05, 4.69) is 71.0 Å². The molecule has 0 atom stereocenters. The van der Waals surface area contributed by atoms with Gasteiger partial charge in [0.15, 0.2) is 0 Å². The quantitative estimate of drug-likeness (QED) is 0.523. The Morgan fingerprint density at radius 2 is 1.48 bits per heavy atom. The molecule has 1 fully saturated rings. The Morgan fingerprint density at radius 3 is 2.12 bits per heavy atom. The summed E-state index contributed by atoms with van der Waals surface area (Å²) in [4.78, 5) is 0. The van der Waals surface area contributed by atoms with Gasteiger partial charge >= 0.3 is 7.12 Å². The number of fused-ring (bicyclic) bond motifs is 3. The summed E-state index contributed by atoms with van der Waals surface area (Å²) < 4.78 is 15.2. The highest BCUT2D eigenvalue weighted by atomic mass is 32.1. The summed E-state index contributed by atoms with van der Waals surface area (Å²) in [5.74, 6) is 0. The van der Waals surface area contributed by atoms with Crippen LogP contribution in [-0.2, 0) is 9.31 Å². The first-order chi connectivity index (χ1) is 11.8. The molecule has 3 aromatic rings. The lowest BCUT2D eigenvalue weighted by atomic mass is 9.78. The summed E-state index contributed by atoms with van der Waals surface area (Å²) in [7, 11) is -0.309. The van der Waals surface area contributed by atoms with E-state index in [0.29, 0.717) is 0 Å². The molecular formula is C21H27BO2S. The van der Waals surface area contributed by atoms with E-state index in [-0.39, 0.29) is 18.3 Å². The van der Waals surface area contributed by atoms with E-state index >= 15 is 0 Å². The van der Waals surface area contributed by atoms with Crippen molar-refractivity contribution in [3.63, 3.8) is 0 Å². The van der Waals surface area contributed by atoms with Gasteiger partial charge in [0.25, 0.3) is 0 Å². The lowest BCUT2D eigenvalue weighted by molar-refractivity contribution is 0.00578. The van der Waals surface area contributed by atoms with Crippen LogP contribution in [0.25, 0.3) is 20.2 Å². The minimum Gasteiger partial charge on any atom is -0.399 e. The second-order valence-electron chi connectivity index (χ2n) is 7.36. The van der Waals surface area contributed by atoms with Gasteiger partial charge in [0.1, 0.15) is 0 Å². The standard InChI is InChI=1S/C19H21BO2S.C2H6/c1-12-10-11-14(20-21-18(2,3)19(4,5)22-20)17-16(12)13-8-6-7-9-15(13)23-17;1-2/h6-11H,1-5H3;1-2H3. The van der Waals surface area contributed by atoms with Crippen LogP contribution in [0.1, 0.15) is 47.1 Å². The van der Waals surface area contributed by atoms with Crippen LogP contribution >= 0.6 is 11.3 Å². The molecule has 1 aliphatic heterocycles. The molecule has 25 heavy (non-hydrogen) atoms. The first kappa shape index (κ1) is 18.4. The predicted molar refractivity (Wildman–Crippen MR) is 111 cm³/mol. The average molecular weight is 354 g/mol. The lowest BCUT2D eigenvalue weighted by Gasteiger charge is -2.32. The Hall–Kier alpha value is -1.36.